The lowest BCUT2D eigenvalue weighted by Gasteiger charge is -2.31. The van der Waals surface area contributed by atoms with E-state index in [0.29, 0.717) is 6.04 Å². The fourth-order valence-electron chi connectivity index (χ4n) is 2.77. The molecule has 0 spiro atoms. The topological polar surface area (TPSA) is 29.5 Å². The van der Waals surface area contributed by atoms with Crippen LogP contribution in [0.4, 0.5) is 0 Å². The van der Waals surface area contributed by atoms with Gasteiger partial charge in [0.25, 0.3) is 5.91 Å². The number of carbonyl (C=O) groups excluding carboxylic acids is 1. The number of hydrogen-bond donors (Lipinski definition) is 0. The number of benzene rings is 1. The maximum atomic E-state index is 12.2. The maximum Gasteiger partial charge on any atom is 0.260 e. The van der Waals surface area contributed by atoms with Crippen molar-refractivity contribution in [3.05, 3.63) is 29.8 Å². The van der Waals surface area contributed by atoms with Crippen molar-refractivity contribution >= 4 is 5.91 Å². The summed E-state index contributed by atoms with van der Waals surface area (Å²) >= 11 is 0. The van der Waals surface area contributed by atoms with Crippen LogP contribution in [0.2, 0.25) is 0 Å². The summed E-state index contributed by atoms with van der Waals surface area (Å²) in [5, 5.41) is 0. The van der Waals surface area contributed by atoms with Gasteiger partial charge in [0, 0.05) is 13.1 Å². The summed E-state index contributed by atoms with van der Waals surface area (Å²) in [6, 6.07) is 8.37. The van der Waals surface area contributed by atoms with E-state index in [1.807, 2.05) is 30.1 Å². The lowest BCUT2D eigenvalue weighted by Crippen LogP contribution is -2.40. The van der Waals surface area contributed by atoms with E-state index in [1.165, 1.54) is 24.8 Å². The van der Waals surface area contributed by atoms with E-state index in [0.717, 1.165) is 25.0 Å². The average Bonchev–Trinajstić information content (AvgIpc) is 2.53. The molecule has 0 N–H and O–H groups in total. The van der Waals surface area contributed by atoms with Gasteiger partial charge >= 0.3 is 0 Å². The maximum absolute atomic E-state index is 12.2. The van der Waals surface area contributed by atoms with E-state index >= 15 is 0 Å². The minimum Gasteiger partial charge on any atom is -0.484 e. The molecule has 1 aliphatic rings. The van der Waals surface area contributed by atoms with Crippen molar-refractivity contribution < 1.29 is 9.53 Å². The predicted molar refractivity (Wildman–Crippen MR) is 81.0 cm³/mol. The minimum atomic E-state index is 0.0822. The van der Waals surface area contributed by atoms with Crippen LogP contribution in [0, 0.1) is 0 Å². The fourth-order valence-corrected chi connectivity index (χ4v) is 2.77. The summed E-state index contributed by atoms with van der Waals surface area (Å²) in [6.07, 6.45) is 7.02. The molecule has 1 amide bonds. The summed E-state index contributed by atoms with van der Waals surface area (Å²) < 4.78 is 5.63. The summed E-state index contributed by atoms with van der Waals surface area (Å²) in [4.78, 5) is 14.0. The zero-order valence-corrected chi connectivity index (χ0v) is 12.6. The molecule has 2 rings (SSSR count). The molecule has 110 valence electrons. The molecule has 1 aromatic carbocycles. The third kappa shape index (κ3) is 3.99. The highest BCUT2D eigenvalue weighted by molar-refractivity contribution is 5.77. The van der Waals surface area contributed by atoms with Gasteiger partial charge in [0.05, 0.1) is 0 Å². The number of nitrogens with zero attached hydrogens (tertiary/aromatic N) is 1. The number of hydrogen-bond acceptors (Lipinski definition) is 2. The zero-order valence-electron chi connectivity index (χ0n) is 12.6. The van der Waals surface area contributed by atoms with Crippen molar-refractivity contribution in [3.63, 3.8) is 0 Å². The van der Waals surface area contributed by atoms with Gasteiger partial charge < -0.3 is 9.64 Å². The Hall–Kier alpha value is -1.51. The average molecular weight is 275 g/mol. The van der Waals surface area contributed by atoms with Gasteiger partial charge in [-0.15, -0.1) is 0 Å². The summed E-state index contributed by atoms with van der Waals surface area (Å²) in [6.45, 7) is 2.25. The van der Waals surface area contributed by atoms with Gasteiger partial charge in [0.2, 0.25) is 0 Å². The van der Waals surface area contributed by atoms with E-state index in [9.17, 15) is 4.79 Å². The molecule has 3 nitrogen and oxygen atoms in total. The molecule has 1 aliphatic carbocycles. The van der Waals surface area contributed by atoms with E-state index in [2.05, 4.69) is 13.0 Å². The third-order valence-corrected chi connectivity index (χ3v) is 4.18. The molecular formula is C17H25NO2. The smallest absolute Gasteiger partial charge is 0.260 e. The molecule has 0 heterocycles. The Morgan fingerprint density at radius 2 is 2.05 bits per heavy atom. The Morgan fingerprint density at radius 3 is 2.75 bits per heavy atom. The number of ether oxygens (including phenoxy) is 1. The molecule has 1 fully saturated rings. The first-order valence-corrected chi connectivity index (χ1v) is 7.68. The van der Waals surface area contributed by atoms with Crippen molar-refractivity contribution in [1.29, 1.82) is 0 Å². The van der Waals surface area contributed by atoms with Crippen LogP contribution in [0.3, 0.4) is 0 Å². The number of aryl methyl sites for hydroxylation is 1. The molecule has 0 unspecified atom stereocenters. The van der Waals surface area contributed by atoms with Gasteiger partial charge in [-0.25, -0.2) is 0 Å². The second kappa shape index (κ2) is 7.32. The summed E-state index contributed by atoms with van der Waals surface area (Å²) in [5.74, 6) is 0.869. The normalized spacial score (nSPS) is 15.9. The van der Waals surface area contributed by atoms with Crippen molar-refractivity contribution in [2.45, 2.75) is 51.5 Å². The summed E-state index contributed by atoms with van der Waals surface area (Å²) in [5.41, 5.74) is 1.23. The van der Waals surface area contributed by atoms with Crippen LogP contribution in [0.1, 0.15) is 44.6 Å². The highest BCUT2D eigenvalue weighted by Gasteiger charge is 2.22. The van der Waals surface area contributed by atoms with Crippen LogP contribution in [0.15, 0.2) is 24.3 Å². The van der Waals surface area contributed by atoms with Gasteiger partial charge in [-0.2, -0.15) is 0 Å². The first-order chi connectivity index (χ1) is 9.70. The number of amides is 1. The molecular weight excluding hydrogens is 250 g/mol. The van der Waals surface area contributed by atoms with Crippen LogP contribution in [0.25, 0.3) is 0 Å². The summed E-state index contributed by atoms with van der Waals surface area (Å²) in [7, 11) is 1.91. The van der Waals surface area contributed by atoms with Gasteiger partial charge in [-0.05, 0) is 37.0 Å². The van der Waals surface area contributed by atoms with E-state index in [1.54, 1.807) is 0 Å². The van der Waals surface area contributed by atoms with E-state index in [4.69, 9.17) is 4.74 Å². The van der Waals surface area contributed by atoms with Crippen LogP contribution < -0.4 is 4.74 Å². The van der Waals surface area contributed by atoms with Crippen LogP contribution >= 0.6 is 0 Å². The van der Waals surface area contributed by atoms with Crippen molar-refractivity contribution in [2.24, 2.45) is 0 Å². The first-order valence-electron chi connectivity index (χ1n) is 7.68. The predicted octanol–water partition coefficient (Wildman–Crippen LogP) is 3.42. The molecule has 0 atom stereocenters. The van der Waals surface area contributed by atoms with Crippen molar-refractivity contribution in [2.75, 3.05) is 13.7 Å². The molecule has 3 heteroatoms. The Morgan fingerprint density at radius 1 is 1.30 bits per heavy atom. The largest absolute Gasteiger partial charge is 0.484 e. The molecule has 0 bridgehead atoms. The van der Waals surface area contributed by atoms with Crippen LogP contribution in [-0.4, -0.2) is 30.5 Å². The van der Waals surface area contributed by atoms with Gasteiger partial charge in [0.1, 0.15) is 5.75 Å². The Kier molecular flexibility index (Phi) is 5.45. The van der Waals surface area contributed by atoms with E-state index in [-0.39, 0.29) is 12.5 Å². The quantitative estimate of drug-likeness (QED) is 0.824. The van der Waals surface area contributed by atoms with Gasteiger partial charge in [-0.1, -0.05) is 38.3 Å². The molecule has 0 aromatic heterocycles. The highest BCUT2D eigenvalue weighted by Crippen LogP contribution is 2.22. The van der Waals surface area contributed by atoms with Crippen LogP contribution in [0.5, 0.6) is 5.75 Å². The van der Waals surface area contributed by atoms with Gasteiger partial charge in [-0.3, -0.25) is 4.79 Å². The fraction of sp³-hybridized carbons (Fsp3) is 0.588. The Bertz CT molecular complexity index is 438. The lowest BCUT2D eigenvalue weighted by atomic mass is 9.94. The Balaban J connectivity index is 1.84. The molecule has 1 aromatic rings. The number of likely N-dealkylation sites (N-methyl/N-ethyl adjacent to an activating group) is 1. The SMILES string of the molecule is CCc1cccc(OCC(=O)N(C)C2CCCCC2)c1. The molecule has 1 saturated carbocycles. The zero-order chi connectivity index (χ0) is 14.4. The standard InChI is InChI=1S/C17H25NO2/c1-3-14-8-7-11-16(12-14)20-13-17(19)18(2)15-9-5-4-6-10-15/h7-8,11-12,15H,3-6,9-10,13H2,1-2H3. The molecule has 0 saturated heterocycles. The van der Waals surface area contributed by atoms with E-state index < -0.39 is 0 Å². The first kappa shape index (κ1) is 14.9. The minimum absolute atomic E-state index is 0.0822. The lowest BCUT2D eigenvalue weighted by molar-refractivity contribution is -0.134. The van der Waals surface area contributed by atoms with Crippen molar-refractivity contribution in [1.82, 2.24) is 4.90 Å². The highest BCUT2D eigenvalue weighted by atomic mass is 16.5. The number of rotatable bonds is 5. The van der Waals surface area contributed by atoms with Gasteiger partial charge in [0.15, 0.2) is 6.61 Å². The number of carbonyl (C=O) groups is 1. The molecule has 0 aliphatic heterocycles. The Labute approximate surface area is 121 Å². The van der Waals surface area contributed by atoms with Crippen LogP contribution in [-0.2, 0) is 11.2 Å². The second-order valence-corrected chi connectivity index (χ2v) is 5.59. The molecule has 20 heavy (non-hydrogen) atoms. The van der Waals surface area contributed by atoms with Crippen molar-refractivity contribution in [3.8, 4) is 5.75 Å². The monoisotopic (exact) mass is 275 g/mol. The second-order valence-electron chi connectivity index (χ2n) is 5.59. The molecule has 0 radical (unpaired) electrons. The third-order valence-electron chi connectivity index (χ3n) is 4.18.